The summed E-state index contributed by atoms with van der Waals surface area (Å²) in [7, 11) is -3.65. The second-order valence-electron chi connectivity index (χ2n) is 5.80. The van der Waals surface area contributed by atoms with Gasteiger partial charge in [-0.1, -0.05) is 18.2 Å². The van der Waals surface area contributed by atoms with Gasteiger partial charge in [0.2, 0.25) is 10.0 Å². The maximum atomic E-state index is 12.7. The molecule has 136 valence electrons. The third-order valence-electron chi connectivity index (χ3n) is 3.79. The van der Waals surface area contributed by atoms with Gasteiger partial charge in [0.1, 0.15) is 0 Å². The first-order chi connectivity index (χ1) is 11.3. The summed E-state index contributed by atoms with van der Waals surface area (Å²) in [4.78, 5) is 2.25. The molecule has 0 unspecified atom stereocenters. The van der Waals surface area contributed by atoms with Crippen LogP contribution in [0.5, 0.6) is 0 Å². The molecule has 0 radical (unpaired) electrons. The molecule has 2 N–H and O–H groups in total. The minimum atomic E-state index is -4.48. The van der Waals surface area contributed by atoms with E-state index in [-0.39, 0.29) is 12.1 Å². The minimum Gasteiger partial charge on any atom is -0.314 e. The molecule has 0 saturated carbocycles. The van der Waals surface area contributed by atoms with E-state index in [0.717, 1.165) is 44.9 Å². The van der Waals surface area contributed by atoms with Crippen LogP contribution in [-0.4, -0.2) is 52.6 Å². The van der Waals surface area contributed by atoms with Crippen molar-refractivity contribution in [1.29, 1.82) is 0 Å². The summed E-state index contributed by atoms with van der Waals surface area (Å²) >= 11 is 0. The Kier molecular flexibility index (Phi) is 6.62. The zero-order chi connectivity index (χ0) is 17.6. The van der Waals surface area contributed by atoms with Crippen molar-refractivity contribution in [3.63, 3.8) is 0 Å². The number of piperazine rings is 1. The van der Waals surface area contributed by atoms with E-state index in [0.29, 0.717) is 6.42 Å². The molecule has 0 bridgehead atoms. The van der Waals surface area contributed by atoms with Gasteiger partial charge in [-0.2, -0.15) is 13.2 Å². The smallest absolute Gasteiger partial charge is 0.314 e. The van der Waals surface area contributed by atoms with Gasteiger partial charge in [0, 0.05) is 32.7 Å². The molecule has 0 aromatic heterocycles. The average Bonchev–Trinajstić information content (AvgIpc) is 2.52. The SMILES string of the molecule is O=S(=O)(Cc1cccc(C(F)(F)F)c1)NCCCN1CCNCC1. The molecule has 0 aliphatic carbocycles. The highest BCUT2D eigenvalue weighted by Gasteiger charge is 2.30. The summed E-state index contributed by atoms with van der Waals surface area (Å²) in [5.41, 5.74) is -0.715. The molecular formula is C15H22F3N3O2S. The van der Waals surface area contributed by atoms with E-state index in [9.17, 15) is 21.6 Å². The Bertz CT molecular complexity index is 629. The minimum absolute atomic E-state index is 0.124. The molecule has 1 aromatic rings. The Balaban J connectivity index is 1.80. The van der Waals surface area contributed by atoms with Crippen LogP contribution < -0.4 is 10.0 Å². The van der Waals surface area contributed by atoms with E-state index < -0.39 is 27.5 Å². The van der Waals surface area contributed by atoms with Gasteiger partial charge in [-0.15, -0.1) is 0 Å². The van der Waals surface area contributed by atoms with Crippen LogP contribution in [0.3, 0.4) is 0 Å². The molecule has 1 aromatic carbocycles. The Hall–Kier alpha value is -1.16. The van der Waals surface area contributed by atoms with Gasteiger partial charge in [0.25, 0.3) is 0 Å². The number of nitrogens with zero attached hydrogens (tertiary/aromatic N) is 1. The summed E-state index contributed by atoms with van der Waals surface area (Å²) in [5, 5.41) is 3.24. The van der Waals surface area contributed by atoms with Gasteiger partial charge >= 0.3 is 6.18 Å². The van der Waals surface area contributed by atoms with E-state index in [4.69, 9.17) is 0 Å². The molecule has 0 spiro atoms. The lowest BCUT2D eigenvalue weighted by molar-refractivity contribution is -0.137. The third kappa shape index (κ3) is 6.39. The third-order valence-corrected chi connectivity index (χ3v) is 5.15. The first-order valence-electron chi connectivity index (χ1n) is 7.83. The molecule has 0 atom stereocenters. The second-order valence-corrected chi connectivity index (χ2v) is 7.60. The molecule has 9 heteroatoms. The maximum absolute atomic E-state index is 12.7. The zero-order valence-electron chi connectivity index (χ0n) is 13.3. The summed E-state index contributed by atoms with van der Waals surface area (Å²) in [6.45, 7) is 4.83. The normalized spacial score (nSPS) is 17.1. The van der Waals surface area contributed by atoms with E-state index in [1.54, 1.807) is 0 Å². The topological polar surface area (TPSA) is 61.4 Å². The van der Waals surface area contributed by atoms with Crippen molar-refractivity contribution < 1.29 is 21.6 Å². The van der Waals surface area contributed by atoms with Crippen LogP contribution in [0, 0.1) is 0 Å². The summed E-state index contributed by atoms with van der Waals surface area (Å²) < 4.78 is 64.4. The molecule has 24 heavy (non-hydrogen) atoms. The zero-order valence-corrected chi connectivity index (χ0v) is 14.1. The summed E-state index contributed by atoms with van der Waals surface area (Å²) in [5.74, 6) is -0.454. The summed E-state index contributed by atoms with van der Waals surface area (Å²) in [6, 6.07) is 4.41. The summed E-state index contributed by atoms with van der Waals surface area (Å²) in [6.07, 6.45) is -3.81. The number of hydrogen-bond acceptors (Lipinski definition) is 4. The lowest BCUT2D eigenvalue weighted by atomic mass is 10.1. The first-order valence-corrected chi connectivity index (χ1v) is 9.48. The van der Waals surface area contributed by atoms with Crippen LogP contribution in [0.4, 0.5) is 13.2 Å². The van der Waals surface area contributed by atoms with Crippen molar-refractivity contribution in [2.45, 2.75) is 18.3 Å². The fourth-order valence-electron chi connectivity index (χ4n) is 2.57. The number of hydrogen-bond donors (Lipinski definition) is 2. The van der Waals surface area contributed by atoms with E-state index in [1.807, 2.05) is 0 Å². The molecule has 1 aliphatic heterocycles. The number of nitrogens with one attached hydrogen (secondary N) is 2. The van der Waals surface area contributed by atoms with Crippen molar-refractivity contribution >= 4 is 10.0 Å². The molecular weight excluding hydrogens is 343 g/mol. The number of alkyl halides is 3. The standard InChI is InChI=1S/C15H22F3N3O2S/c16-15(17,18)14-4-1-3-13(11-14)12-24(22,23)20-5-2-8-21-9-6-19-7-10-21/h1,3-4,11,19-20H,2,5-10,12H2. The number of rotatable bonds is 7. The molecule has 2 rings (SSSR count). The molecule has 1 heterocycles. The monoisotopic (exact) mass is 365 g/mol. The molecule has 1 saturated heterocycles. The van der Waals surface area contributed by atoms with Crippen molar-refractivity contribution in [3.8, 4) is 0 Å². The van der Waals surface area contributed by atoms with Gasteiger partial charge < -0.3 is 10.2 Å². The lowest BCUT2D eigenvalue weighted by Crippen LogP contribution is -2.44. The van der Waals surface area contributed by atoms with Gasteiger partial charge in [-0.05, 0) is 24.6 Å². The highest BCUT2D eigenvalue weighted by atomic mass is 32.2. The van der Waals surface area contributed by atoms with Gasteiger partial charge in [-0.25, -0.2) is 13.1 Å². The Morgan fingerprint density at radius 2 is 1.92 bits per heavy atom. The van der Waals surface area contributed by atoms with Gasteiger partial charge in [0.05, 0.1) is 11.3 Å². The van der Waals surface area contributed by atoms with Crippen LogP contribution in [0.25, 0.3) is 0 Å². The second kappa shape index (κ2) is 8.28. The molecule has 5 nitrogen and oxygen atoms in total. The van der Waals surface area contributed by atoms with Gasteiger partial charge in [0.15, 0.2) is 0 Å². The number of halogens is 3. The molecule has 0 amide bonds. The quantitative estimate of drug-likeness (QED) is 0.718. The lowest BCUT2D eigenvalue weighted by Gasteiger charge is -2.27. The molecule has 1 fully saturated rings. The first kappa shape index (κ1) is 19.2. The Morgan fingerprint density at radius 1 is 1.21 bits per heavy atom. The number of sulfonamides is 1. The van der Waals surface area contributed by atoms with Gasteiger partial charge in [-0.3, -0.25) is 0 Å². The van der Waals surface area contributed by atoms with Crippen molar-refractivity contribution in [1.82, 2.24) is 14.9 Å². The van der Waals surface area contributed by atoms with E-state index in [1.165, 1.54) is 12.1 Å². The maximum Gasteiger partial charge on any atom is 0.416 e. The average molecular weight is 365 g/mol. The van der Waals surface area contributed by atoms with E-state index >= 15 is 0 Å². The van der Waals surface area contributed by atoms with Crippen LogP contribution in [0.2, 0.25) is 0 Å². The predicted octanol–water partition coefficient (Wildman–Crippen LogP) is 1.42. The van der Waals surface area contributed by atoms with E-state index in [2.05, 4.69) is 14.9 Å². The predicted molar refractivity (Wildman–Crippen MR) is 86.0 cm³/mol. The highest BCUT2D eigenvalue weighted by Crippen LogP contribution is 2.29. The van der Waals surface area contributed by atoms with Crippen LogP contribution >= 0.6 is 0 Å². The van der Waals surface area contributed by atoms with Crippen LogP contribution in [-0.2, 0) is 22.0 Å². The van der Waals surface area contributed by atoms with Crippen molar-refractivity contribution in [3.05, 3.63) is 35.4 Å². The highest BCUT2D eigenvalue weighted by molar-refractivity contribution is 7.88. The van der Waals surface area contributed by atoms with Crippen molar-refractivity contribution in [2.24, 2.45) is 0 Å². The largest absolute Gasteiger partial charge is 0.416 e. The fourth-order valence-corrected chi connectivity index (χ4v) is 3.75. The van der Waals surface area contributed by atoms with Crippen LogP contribution in [0.1, 0.15) is 17.5 Å². The van der Waals surface area contributed by atoms with Crippen molar-refractivity contribution in [2.75, 3.05) is 39.3 Å². The molecule has 1 aliphatic rings. The Labute approximate surface area is 140 Å². The Morgan fingerprint density at radius 3 is 2.58 bits per heavy atom. The van der Waals surface area contributed by atoms with Crippen LogP contribution in [0.15, 0.2) is 24.3 Å². The fraction of sp³-hybridized carbons (Fsp3) is 0.600. The number of benzene rings is 1.